The van der Waals surface area contributed by atoms with Crippen LogP contribution < -0.4 is 5.73 Å². The number of benzene rings is 1. The van der Waals surface area contributed by atoms with Crippen molar-refractivity contribution < 1.29 is 8.42 Å². The maximum absolute atomic E-state index is 12.2. The third-order valence-electron chi connectivity index (χ3n) is 2.25. The van der Waals surface area contributed by atoms with Crippen LogP contribution in [0.2, 0.25) is 9.36 Å². The van der Waals surface area contributed by atoms with Crippen LogP contribution in [0.1, 0.15) is 4.88 Å². The molecule has 0 bridgehead atoms. The Morgan fingerprint density at radius 1 is 1.17 bits per heavy atom. The summed E-state index contributed by atoms with van der Waals surface area (Å²) >= 11 is 12.9. The Morgan fingerprint density at radius 3 is 2.50 bits per heavy atom. The zero-order chi connectivity index (χ0) is 13.3. The van der Waals surface area contributed by atoms with E-state index in [-0.39, 0.29) is 15.7 Å². The van der Waals surface area contributed by atoms with Gasteiger partial charge in [-0.15, -0.1) is 11.3 Å². The van der Waals surface area contributed by atoms with Gasteiger partial charge in [0.15, 0.2) is 9.84 Å². The van der Waals surface area contributed by atoms with Crippen LogP contribution in [0.25, 0.3) is 0 Å². The van der Waals surface area contributed by atoms with E-state index in [1.807, 2.05) is 0 Å². The van der Waals surface area contributed by atoms with Gasteiger partial charge in [-0.2, -0.15) is 0 Å². The van der Waals surface area contributed by atoms with E-state index >= 15 is 0 Å². The molecule has 0 fully saturated rings. The van der Waals surface area contributed by atoms with E-state index in [1.54, 1.807) is 18.2 Å². The maximum atomic E-state index is 12.2. The van der Waals surface area contributed by atoms with Crippen LogP contribution in [-0.4, -0.2) is 8.42 Å². The number of thiophene rings is 1. The molecular formula is C11H9Cl2NO2S2. The average molecular weight is 322 g/mol. The van der Waals surface area contributed by atoms with E-state index in [2.05, 4.69) is 0 Å². The quantitative estimate of drug-likeness (QED) is 0.878. The monoisotopic (exact) mass is 321 g/mol. The van der Waals surface area contributed by atoms with E-state index in [0.717, 1.165) is 0 Å². The molecule has 0 radical (unpaired) electrons. The largest absolute Gasteiger partial charge is 0.399 e. The van der Waals surface area contributed by atoms with Gasteiger partial charge in [0.2, 0.25) is 0 Å². The Morgan fingerprint density at radius 2 is 1.89 bits per heavy atom. The lowest BCUT2D eigenvalue weighted by molar-refractivity contribution is 0.596. The molecule has 0 saturated carbocycles. The van der Waals surface area contributed by atoms with Crippen LogP contribution in [0.3, 0.4) is 0 Å². The minimum Gasteiger partial charge on any atom is -0.399 e. The number of sulfone groups is 1. The third-order valence-corrected chi connectivity index (χ3v) is 5.81. The molecule has 2 aromatic rings. The molecule has 1 heterocycles. The summed E-state index contributed by atoms with van der Waals surface area (Å²) < 4.78 is 25.0. The molecule has 0 aliphatic carbocycles. The first-order valence-corrected chi connectivity index (χ1v) is 8.13. The fourth-order valence-electron chi connectivity index (χ4n) is 1.45. The van der Waals surface area contributed by atoms with E-state index in [0.29, 0.717) is 14.9 Å². The lowest BCUT2D eigenvalue weighted by atomic mass is 10.3. The first-order chi connectivity index (χ1) is 8.38. The predicted octanol–water partition coefficient (Wildman–Crippen LogP) is 3.61. The van der Waals surface area contributed by atoms with Crippen molar-refractivity contribution >= 4 is 50.1 Å². The molecule has 0 atom stereocenters. The Bertz CT molecular complexity index is 680. The topological polar surface area (TPSA) is 60.2 Å². The lowest BCUT2D eigenvalue weighted by Crippen LogP contribution is -2.05. The summed E-state index contributed by atoms with van der Waals surface area (Å²) in [4.78, 5) is 0.715. The highest BCUT2D eigenvalue weighted by atomic mass is 35.5. The van der Waals surface area contributed by atoms with E-state index in [9.17, 15) is 8.42 Å². The second kappa shape index (κ2) is 5.09. The van der Waals surface area contributed by atoms with Crippen LogP contribution in [0, 0.1) is 0 Å². The molecule has 1 aromatic carbocycles. The summed E-state index contributed by atoms with van der Waals surface area (Å²) in [7, 11) is -3.51. The van der Waals surface area contributed by atoms with Crippen molar-refractivity contribution in [2.75, 3.05) is 5.73 Å². The van der Waals surface area contributed by atoms with Crippen molar-refractivity contribution in [2.45, 2.75) is 10.6 Å². The number of nitrogens with two attached hydrogens (primary N) is 1. The highest BCUT2D eigenvalue weighted by Crippen LogP contribution is 2.29. The lowest BCUT2D eigenvalue weighted by Gasteiger charge is -2.06. The van der Waals surface area contributed by atoms with Crippen molar-refractivity contribution in [1.82, 2.24) is 0 Å². The number of hydrogen-bond donors (Lipinski definition) is 1. The van der Waals surface area contributed by atoms with E-state index < -0.39 is 9.84 Å². The fraction of sp³-hybridized carbons (Fsp3) is 0.0909. The van der Waals surface area contributed by atoms with Crippen molar-refractivity contribution in [3.05, 3.63) is 44.6 Å². The smallest absolute Gasteiger partial charge is 0.184 e. The summed E-state index contributed by atoms with van der Waals surface area (Å²) in [6.07, 6.45) is 0. The highest BCUT2D eigenvalue weighted by Gasteiger charge is 2.20. The number of nitrogen functional groups attached to an aromatic ring is 1. The van der Waals surface area contributed by atoms with Gasteiger partial charge < -0.3 is 5.73 Å². The fourth-order valence-corrected chi connectivity index (χ4v) is 4.81. The van der Waals surface area contributed by atoms with Gasteiger partial charge in [0.1, 0.15) is 0 Å². The van der Waals surface area contributed by atoms with Crippen molar-refractivity contribution in [1.29, 1.82) is 0 Å². The molecule has 2 rings (SSSR count). The van der Waals surface area contributed by atoms with E-state index in [4.69, 9.17) is 28.9 Å². The first kappa shape index (κ1) is 13.7. The molecule has 0 unspecified atom stereocenters. The van der Waals surface area contributed by atoms with Gasteiger partial charge >= 0.3 is 0 Å². The molecule has 7 heteroatoms. The van der Waals surface area contributed by atoms with Crippen LogP contribution in [0.15, 0.2) is 35.2 Å². The number of halogens is 2. The number of anilines is 1. The van der Waals surface area contributed by atoms with Gasteiger partial charge in [-0.25, -0.2) is 8.42 Å². The van der Waals surface area contributed by atoms with Crippen LogP contribution in [-0.2, 0) is 15.6 Å². The Kier molecular flexibility index (Phi) is 3.87. The maximum Gasteiger partial charge on any atom is 0.184 e. The highest BCUT2D eigenvalue weighted by molar-refractivity contribution is 7.91. The Hall–Kier alpha value is -0.750. The summed E-state index contributed by atoms with van der Waals surface area (Å²) in [5, 5.41) is 0.173. The van der Waals surface area contributed by atoms with Gasteiger partial charge in [-0.05, 0) is 30.3 Å². The first-order valence-electron chi connectivity index (χ1n) is 4.90. The Balaban J connectivity index is 2.39. The zero-order valence-corrected chi connectivity index (χ0v) is 12.2. The predicted molar refractivity (Wildman–Crippen MR) is 76.1 cm³/mol. The van der Waals surface area contributed by atoms with Gasteiger partial charge in [0.25, 0.3) is 0 Å². The Labute approximate surface area is 119 Å². The second-order valence-electron chi connectivity index (χ2n) is 3.65. The van der Waals surface area contributed by atoms with Gasteiger partial charge in [-0.3, -0.25) is 0 Å². The van der Waals surface area contributed by atoms with Crippen LogP contribution in [0.5, 0.6) is 0 Å². The molecule has 3 nitrogen and oxygen atoms in total. The van der Waals surface area contributed by atoms with Gasteiger partial charge in [0, 0.05) is 10.6 Å². The molecule has 0 amide bonds. The molecule has 0 aliphatic heterocycles. The molecular weight excluding hydrogens is 313 g/mol. The minimum atomic E-state index is -3.51. The molecule has 0 spiro atoms. The average Bonchev–Trinajstić information content (AvgIpc) is 2.66. The summed E-state index contributed by atoms with van der Waals surface area (Å²) in [5.41, 5.74) is 5.94. The van der Waals surface area contributed by atoms with Crippen LogP contribution >= 0.6 is 34.5 Å². The van der Waals surface area contributed by atoms with Gasteiger partial charge in [0.05, 0.1) is 20.0 Å². The minimum absolute atomic E-state index is 0.0497. The van der Waals surface area contributed by atoms with Crippen molar-refractivity contribution in [2.24, 2.45) is 0 Å². The number of rotatable bonds is 3. The van der Waals surface area contributed by atoms with E-state index in [1.165, 1.54) is 23.5 Å². The molecule has 2 N–H and O–H groups in total. The number of hydrogen-bond acceptors (Lipinski definition) is 4. The molecule has 18 heavy (non-hydrogen) atoms. The molecule has 1 aromatic heterocycles. The SMILES string of the molecule is Nc1ccc(Cl)c(S(=O)(=O)Cc2ccc(Cl)s2)c1. The van der Waals surface area contributed by atoms with Crippen molar-refractivity contribution in [3.63, 3.8) is 0 Å². The summed E-state index contributed by atoms with van der Waals surface area (Å²) in [6, 6.07) is 7.75. The molecule has 96 valence electrons. The standard InChI is InChI=1S/C11H9Cl2NO2S2/c12-9-3-1-7(14)5-10(9)18(15,16)6-8-2-4-11(13)17-8/h1-5H,6,14H2. The van der Waals surface area contributed by atoms with Gasteiger partial charge in [-0.1, -0.05) is 23.2 Å². The molecule has 0 aliphatic rings. The second-order valence-corrected chi connectivity index (χ2v) is 7.82. The third kappa shape index (κ3) is 2.98. The normalized spacial score (nSPS) is 11.7. The zero-order valence-electron chi connectivity index (χ0n) is 9.06. The van der Waals surface area contributed by atoms with Crippen LogP contribution in [0.4, 0.5) is 5.69 Å². The van der Waals surface area contributed by atoms with Crippen molar-refractivity contribution in [3.8, 4) is 0 Å². The summed E-state index contributed by atoms with van der Waals surface area (Å²) in [5.74, 6) is -0.131. The molecule has 0 saturated heterocycles. The summed E-state index contributed by atoms with van der Waals surface area (Å²) in [6.45, 7) is 0.